The van der Waals surface area contributed by atoms with E-state index in [4.69, 9.17) is 0 Å². The van der Waals surface area contributed by atoms with Crippen LogP contribution in [0.5, 0.6) is 5.75 Å². The maximum absolute atomic E-state index is 9.32. The van der Waals surface area contributed by atoms with Crippen molar-refractivity contribution in [3.05, 3.63) is 53.1 Å². The molecule has 2 heterocycles. The molecule has 4 heteroatoms. The minimum atomic E-state index is 0.318. The summed E-state index contributed by atoms with van der Waals surface area (Å²) >= 11 is 0. The summed E-state index contributed by atoms with van der Waals surface area (Å²) in [5, 5.41) is 9.32. The Balaban J connectivity index is 1.73. The van der Waals surface area contributed by atoms with E-state index >= 15 is 0 Å². The summed E-state index contributed by atoms with van der Waals surface area (Å²) < 4.78 is 0. The van der Waals surface area contributed by atoms with Crippen LogP contribution in [0.4, 0.5) is 0 Å². The number of benzene rings is 1. The van der Waals surface area contributed by atoms with E-state index in [1.54, 1.807) is 12.1 Å². The number of aromatic nitrogens is 2. The first-order chi connectivity index (χ1) is 9.74. The Labute approximate surface area is 119 Å². The summed E-state index contributed by atoms with van der Waals surface area (Å²) in [5.74, 6) is 1.24. The lowest BCUT2D eigenvalue weighted by Gasteiger charge is -2.28. The number of fused-ring (bicyclic) bond motifs is 1. The molecule has 1 aromatic heterocycles. The fourth-order valence-corrected chi connectivity index (χ4v) is 2.56. The number of hydrogen-bond donors (Lipinski definition) is 1. The van der Waals surface area contributed by atoms with Crippen LogP contribution in [0.3, 0.4) is 0 Å². The van der Waals surface area contributed by atoms with Gasteiger partial charge in [0.05, 0.1) is 5.69 Å². The number of phenols is 1. The topological polar surface area (TPSA) is 49.2 Å². The maximum atomic E-state index is 9.32. The molecule has 1 aromatic carbocycles. The van der Waals surface area contributed by atoms with Crippen molar-refractivity contribution in [3.8, 4) is 5.75 Å². The Morgan fingerprint density at radius 2 is 2.05 bits per heavy atom. The fourth-order valence-electron chi connectivity index (χ4n) is 2.56. The Morgan fingerprint density at radius 3 is 2.80 bits per heavy atom. The van der Waals surface area contributed by atoms with Crippen LogP contribution in [0.1, 0.15) is 29.6 Å². The second kappa shape index (κ2) is 5.59. The van der Waals surface area contributed by atoms with Gasteiger partial charge in [-0.05, 0) is 29.7 Å². The molecule has 0 amide bonds. The van der Waals surface area contributed by atoms with Crippen molar-refractivity contribution in [2.24, 2.45) is 0 Å². The Kier molecular flexibility index (Phi) is 3.65. The van der Waals surface area contributed by atoms with E-state index in [0.29, 0.717) is 5.75 Å². The highest BCUT2D eigenvalue weighted by molar-refractivity contribution is 5.26. The second-order valence-electron chi connectivity index (χ2n) is 5.24. The van der Waals surface area contributed by atoms with Crippen LogP contribution in [0, 0.1) is 0 Å². The number of nitrogens with zero attached hydrogens (tertiary/aromatic N) is 3. The molecule has 4 nitrogen and oxygen atoms in total. The van der Waals surface area contributed by atoms with E-state index < -0.39 is 0 Å². The molecule has 1 aliphatic heterocycles. The Hall–Kier alpha value is -1.94. The second-order valence-corrected chi connectivity index (χ2v) is 5.24. The summed E-state index contributed by atoms with van der Waals surface area (Å²) in [6.07, 6.45) is 3.88. The first-order valence-corrected chi connectivity index (χ1v) is 7.08. The van der Waals surface area contributed by atoms with Gasteiger partial charge in [0.1, 0.15) is 11.6 Å². The molecule has 2 aromatic rings. The lowest BCUT2D eigenvalue weighted by Crippen LogP contribution is -2.31. The van der Waals surface area contributed by atoms with Crippen LogP contribution >= 0.6 is 0 Å². The zero-order chi connectivity index (χ0) is 13.9. The van der Waals surface area contributed by atoms with Crippen molar-refractivity contribution >= 4 is 0 Å². The van der Waals surface area contributed by atoms with Crippen LogP contribution in [0.25, 0.3) is 0 Å². The van der Waals surface area contributed by atoms with Crippen LogP contribution in [0.15, 0.2) is 30.5 Å². The van der Waals surface area contributed by atoms with E-state index in [9.17, 15) is 5.11 Å². The van der Waals surface area contributed by atoms with Crippen molar-refractivity contribution in [2.45, 2.75) is 32.9 Å². The Morgan fingerprint density at radius 1 is 1.25 bits per heavy atom. The number of aryl methyl sites for hydroxylation is 1. The van der Waals surface area contributed by atoms with Crippen molar-refractivity contribution < 1.29 is 5.11 Å². The zero-order valence-electron chi connectivity index (χ0n) is 11.7. The molecule has 0 radical (unpaired) electrons. The van der Waals surface area contributed by atoms with Gasteiger partial charge in [-0.1, -0.05) is 19.1 Å². The average Bonchev–Trinajstić information content (AvgIpc) is 2.49. The molecule has 0 bridgehead atoms. The van der Waals surface area contributed by atoms with E-state index in [1.165, 1.54) is 16.8 Å². The minimum absolute atomic E-state index is 0.318. The largest absolute Gasteiger partial charge is 0.508 e. The summed E-state index contributed by atoms with van der Waals surface area (Å²) in [6, 6.07) is 7.43. The molecule has 3 rings (SSSR count). The highest BCUT2D eigenvalue weighted by Gasteiger charge is 2.18. The summed E-state index contributed by atoms with van der Waals surface area (Å²) in [4.78, 5) is 11.4. The monoisotopic (exact) mass is 269 g/mol. The van der Waals surface area contributed by atoms with E-state index in [2.05, 4.69) is 21.8 Å². The van der Waals surface area contributed by atoms with Gasteiger partial charge in [0, 0.05) is 32.3 Å². The molecular formula is C16H19N3O. The highest BCUT2D eigenvalue weighted by Crippen LogP contribution is 2.19. The molecule has 0 saturated heterocycles. The van der Waals surface area contributed by atoms with Gasteiger partial charge in [-0.2, -0.15) is 0 Å². The predicted molar refractivity (Wildman–Crippen MR) is 77.3 cm³/mol. The van der Waals surface area contributed by atoms with Gasteiger partial charge in [0.25, 0.3) is 0 Å². The van der Waals surface area contributed by atoms with Crippen LogP contribution in [-0.4, -0.2) is 26.5 Å². The van der Waals surface area contributed by atoms with Gasteiger partial charge in [-0.25, -0.2) is 9.97 Å². The van der Waals surface area contributed by atoms with Crippen molar-refractivity contribution in [1.82, 2.24) is 14.9 Å². The molecule has 1 N–H and O–H groups in total. The van der Waals surface area contributed by atoms with Gasteiger partial charge < -0.3 is 5.11 Å². The predicted octanol–water partition coefficient (Wildman–Crippen LogP) is 2.30. The molecule has 0 atom stereocenters. The molecule has 1 aliphatic rings. The smallest absolute Gasteiger partial charge is 0.128 e. The van der Waals surface area contributed by atoms with Crippen LogP contribution in [-0.2, 0) is 25.9 Å². The summed E-state index contributed by atoms with van der Waals surface area (Å²) in [5.41, 5.74) is 3.67. The zero-order valence-corrected chi connectivity index (χ0v) is 11.7. The van der Waals surface area contributed by atoms with Crippen molar-refractivity contribution in [1.29, 1.82) is 0 Å². The third-order valence-corrected chi connectivity index (χ3v) is 3.73. The average molecular weight is 269 g/mol. The van der Waals surface area contributed by atoms with E-state index in [0.717, 1.165) is 38.3 Å². The fraction of sp³-hybridized carbons (Fsp3) is 0.375. The third-order valence-electron chi connectivity index (χ3n) is 3.73. The van der Waals surface area contributed by atoms with Crippen molar-refractivity contribution in [3.63, 3.8) is 0 Å². The number of rotatable bonds is 3. The minimum Gasteiger partial charge on any atom is -0.508 e. The summed E-state index contributed by atoms with van der Waals surface area (Å²) in [6.45, 7) is 4.89. The first-order valence-electron chi connectivity index (χ1n) is 7.08. The number of hydrogen-bond acceptors (Lipinski definition) is 4. The standard InChI is InChI=1S/C16H19N3O/c1-2-16-17-9-13-7-8-19(11-15(13)18-16)10-12-3-5-14(20)6-4-12/h3-6,9,20H,2,7-8,10-11H2,1H3. The van der Waals surface area contributed by atoms with Crippen LogP contribution in [0.2, 0.25) is 0 Å². The molecule has 0 unspecified atom stereocenters. The third kappa shape index (κ3) is 2.80. The number of aromatic hydroxyl groups is 1. The quantitative estimate of drug-likeness (QED) is 0.929. The molecule has 104 valence electrons. The van der Waals surface area contributed by atoms with Gasteiger partial charge in [0.2, 0.25) is 0 Å². The van der Waals surface area contributed by atoms with Crippen LogP contribution < -0.4 is 0 Å². The molecule has 20 heavy (non-hydrogen) atoms. The lowest BCUT2D eigenvalue weighted by atomic mass is 10.1. The molecule has 0 spiro atoms. The summed E-state index contributed by atoms with van der Waals surface area (Å²) in [7, 11) is 0. The van der Waals surface area contributed by atoms with Gasteiger partial charge in [0.15, 0.2) is 0 Å². The molecule has 0 fully saturated rings. The SMILES string of the molecule is CCc1ncc2c(n1)CN(Cc1ccc(O)cc1)CC2. The van der Waals surface area contributed by atoms with Gasteiger partial charge in [-0.15, -0.1) is 0 Å². The maximum Gasteiger partial charge on any atom is 0.128 e. The molecule has 0 saturated carbocycles. The lowest BCUT2D eigenvalue weighted by molar-refractivity contribution is 0.240. The van der Waals surface area contributed by atoms with E-state index in [1.807, 2.05) is 18.3 Å². The molecular weight excluding hydrogens is 250 g/mol. The highest BCUT2D eigenvalue weighted by atomic mass is 16.3. The van der Waals surface area contributed by atoms with Gasteiger partial charge in [-0.3, -0.25) is 4.90 Å². The normalized spacial score (nSPS) is 15.1. The number of phenolic OH excluding ortho intramolecular Hbond substituents is 1. The Bertz CT molecular complexity index is 595. The molecule has 0 aliphatic carbocycles. The van der Waals surface area contributed by atoms with E-state index in [-0.39, 0.29) is 0 Å². The first kappa shape index (κ1) is 13.1. The van der Waals surface area contributed by atoms with Gasteiger partial charge >= 0.3 is 0 Å². The van der Waals surface area contributed by atoms with Crippen molar-refractivity contribution in [2.75, 3.05) is 6.54 Å².